The molecule has 6 heteroatoms. The summed E-state index contributed by atoms with van der Waals surface area (Å²) in [5, 5.41) is 3.67. The van der Waals surface area contributed by atoms with Crippen LogP contribution in [0.15, 0.2) is 48.5 Å². The summed E-state index contributed by atoms with van der Waals surface area (Å²) in [6, 6.07) is 15.8. The summed E-state index contributed by atoms with van der Waals surface area (Å²) in [5.41, 5.74) is 1.93. The normalized spacial score (nSPS) is 15.8. The van der Waals surface area contributed by atoms with Crippen LogP contribution in [0.5, 0.6) is 0 Å². The van der Waals surface area contributed by atoms with Crippen molar-refractivity contribution >= 4 is 34.8 Å². The fourth-order valence-electron chi connectivity index (χ4n) is 3.10. The molecule has 0 radical (unpaired) electrons. The minimum atomic E-state index is -0.0631. The van der Waals surface area contributed by atoms with Gasteiger partial charge in [-0.15, -0.1) is 0 Å². The van der Waals surface area contributed by atoms with E-state index in [9.17, 15) is 4.79 Å². The monoisotopic (exact) mass is 391 g/mol. The van der Waals surface area contributed by atoms with Crippen molar-refractivity contribution in [3.05, 3.63) is 64.1 Å². The molecule has 1 N–H and O–H groups in total. The lowest BCUT2D eigenvalue weighted by Gasteiger charge is -2.34. The first-order chi connectivity index (χ1) is 12.6. The topological polar surface area (TPSA) is 35.6 Å². The molecule has 0 atom stereocenters. The summed E-state index contributed by atoms with van der Waals surface area (Å²) < 4.78 is 0. The lowest BCUT2D eigenvalue weighted by atomic mass is 10.1. The van der Waals surface area contributed by atoms with E-state index in [1.54, 1.807) is 18.2 Å². The molecule has 0 aromatic heterocycles. The van der Waals surface area contributed by atoms with Crippen LogP contribution in [0.1, 0.15) is 5.56 Å². The Balaban J connectivity index is 1.41. The minimum absolute atomic E-state index is 0.0631. The number of hydrogen-bond donors (Lipinski definition) is 1. The molecule has 4 nitrogen and oxygen atoms in total. The lowest BCUT2D eigenvalue weighted by Crippen LogP contribution is -2.49. The summed E-state index contributed by atoms with van der Waals surface area (Å²) in [7, 11) is 0. The molecular formula is C20H23Cl2N3O. The second-order valence-electron chi connectivity index (χ2n) is 6.50. The summed E-state index contributed by atoms with van der Waals surface area (Å²) in [6.45, 7) is 5.19. The van der Waals surface area contributed by atoms with E-state index >= 15 is 0 Å². The third kappa shape index (κ3) is 5.45. The van der Waals surface area contributed by atoms with Crippen molar-refractivity contribution < 1.29 is 4.79 Å². The van der Waals surface area contributed by atoms with E-state index in [2.05, 4.69) is 39.4 Å². The van der Waals surface area contributed by atoms with Gasteiger partial charge in [0.1, 0.15) is 0 Å². The number of benzene rings is 2. The predicted octanol–water partition coefficient (Wildman–Crippen LogP) is 3.79. The van der Waals surface area contributed by atoms with Crippen LogP contribution in [0, 0.1) is 0 Å². The average Bonchev–Trinajstić information content (AvgIpc) is 2.66. The third-order valence-electron chi connectivity index (χ3n) is 4.62. The van der Waals surface area contributed by atoms with Crippen molar-refractivity contribution in [1.29, 1.82) is 0 Å². The molecule has 0 unspecified atom stereocenters. The van der Waals surface area contributed by atoms with Gasteiger partial charge in [0.15, 0.2) is 0 Å². The van der Waals surface area contributed by atoms with Crippen LogP contribution in [0.3, 0.4) is 0 Å². The zero-order valence-electron chi connectivity index (χ0n) is 14.6. The molecule has 1 aliphatic rings. The highest BCUT2D eigenvalue weighted by Gasteiger charge is 2.19. The molecule has 1 amide bonds. The van der Waals surface area contributed by atoms with Gasteiger partial charge < -0.3 is 10.2 Å². The first kappa shape index (κ1) is 19.2. The highest BCUT2D eigenvalue weighted by molar-refractivity contribution is 6.43. The Morgan fingerprint density at radius 2 is 1.62 bits per heavy atom. The number of rotatable bonds is 6. The number of amides is 1. The highest BCUT2D eigenvalue weighted by Crippen LogP contribution is 2.29. The Labute approximate surface area is 164 Å². The number of anilines is 1. The minimum Gasteiger partial charge on any atom is -0.324 e. The van der Waals surface area contributed by atoms with Gasteiger partial charge in [-0.25, -0.2) is 0 Å². The van der Waals surface area contributed by atoms with Gasteiger partial charge in [-0.05, 0) is 24.1 Å². The van der Waals surface area contributed by atoms with Crippen molar-refractivity contribution in [3.8, 4) is 0 Å². The maximum atomic E-state index is 12.3. The molecule has 26 heavy (non-hydrogen) atoms. The maximum absolute atomic E-state index is 12.3. The van der Waals surface area contributed by atoms with E-state index in [1.165, 1.54) is 5.56 Å². The van der Waals surface area contributed by atoms with Crippen molar-refractivity contribution in [2.24, 2.45) is 0 Å². The molecule has 138 valence electrons. The quantitative estimate of drug-likeness (QED) is 0.813. The Bertz CT molecular complexity index is 731. The third-order valence-corrected chi connectivity index (χ3v) is 5.44. The maximum Gasteiger partial charge on any atom is 0.238 e. The van der Waals surface area contributed by atoms with Crippen molar-refractivity contribution in [1.82, 2.24) is 9.80 Å². The smallest absolute Gasteiger partial charge is 0.238 e. The van der Waals surface area contributed by atoms with Crippen LogP contribution in [0.25, 0.3) is 0 Å². The molecule has 2 aromatic carbocycles. The van der Waals surface area contributed by atoms with E-state index in [-0.39, 0.29) is 5.91 Å². The van der Waals surface area contributed by atoms with E-state index in [0.29, 0.717) is 22.3 Å². The van der Waals surface area contributed by atoms with E-state index in [0.717, 1.165) is 39.1 Å². The van der Waals surface area contributed by atoms with Gasteiger partial charge in [0.2, 0.25) is 5.91 Å². The van der Waals surface area contributed by atoms with E-state index < -0.39 is 0 Å². The fourth-order valence-corrected chi connectivity index (χ4v) is 3.44. The van der Waals surface area contributed by atoms with Gasteiger partial charge in [-0.1, -0.05) is 59.6 Å². The molecule has 3 rings (SSSR count). The standard InChI is InChI=1S/C20H23Cl2N3O/c21-17-7-4-8-18(20(17)22)23-19(26)15-25-13-11-24(12-14-25)10-9-16-5-2-1-3-6-16/h1-8H,9-15H2,(H,23,26). The first-order valence-corrected chi connectivity index (χ1v) is 9.60. The molecule has 0 saturated carbocycles. The van der Waals surface area contributed by atoms with Gasteiger partial charge in [-0.2, -0.15) is 0 Å². The Kier molecular flexibility index (Phi) is 6.92. The van der Waals surface area contributed by atoms with Crippen LogP contribution in [0.4, 0.5) is 5.69 Å². The van der Waals surface area contributed by atoms with Gasteiger partial charge in [0.25, 0.3) is 0 Å². The summed E-state index contributed by atoms with van der Waals surface area (Å²) in [5.74, 6) is -0.0631. The van der Waals surface area contributed by atoms with Crippen molar-refractivity contribution in [3.63, 3.8) is 0 Å². The van der Waals surface area contributed by atoms with E-state index in [4.69, 9.17) is 23.2 Å². The van der Waals surface area contributed by atoms with Crippen LogP contribution in [-0.4, -0.2) is 55.0 Å². The van der Waals surface area contributed by atoms with Gasteiger partial charge >= 0.3 is 0 Å². The number of nitrogens with one attached hydrogen (secondary N) is 1. The average molecular weight is 392 g/mol. The van der Waals surface area contributed by atoms with E-state index in [1.807, 2.05) is 6.07 Å². The number of hydrogen-bond acceptors (Lipinski definition) is 3. The molecule has 1 saturated heterocycles. The summed E-state index contributed by atoms with van der Waals surface area (Å²) in [4.78, 5) is 16.9. The Morgan fingerprint density at radius 1 is 0.923 bits per heavy atom. The van der Waals surface area contributed by atoms with Crippen molar-refractivity contribution in [2.45, 2.75) is 6.42 Å². The molecule has 1 fully saturated rings. The van der Waals surface area contributed by atoms with Crippen LogP contribution < -0.4 is 5.32 Å². The SMILES string of the molecule is O=C(CN1CCN(CCc2ccccc2)CC1)Nc1cccc(Cl)c1Cl. The van der Waals surface area contributed by atoms with Crippen LogP contribution in [-0.2, 0) is 11.2 Å². The fraction of sp³-hybridized carbons (Fsp3) is 0.350. The zero-order valence-corrected chi connectivity index (χ0v) is 16.1. The second kappa shape index (κ2) is 9.38. The summed E-state index contributed by atoms with van der Waals surface area (Å²) in [6.07, 6.45) is 1.06. The first-order valence-electron chi connectivity index (χ1n) is 8.84. The lowest BCUT2D eigenvalue weighted by molar-refractivity contribution is -0.117. The summed E-state index contributed by atoms with van der Waals surface area (Å²) >= 11 is 12.1. The second-order valence-corrected chi connectivity index (χ2v) is 7.29. The Hall–Kier alpha value is -1.59. The van der Waals surface area contributed by atoms with Crippen LogP contribution in [0.2, 0.25) is 10.0 Å². The molecule has 0 aliphatic carbocycles. The molecule has 0 bridgehead atoms. The number of carbonyl (C=O) groups is 1. The number of piperazine rings is 1. The van der Waals surface area contributed by atoms with Crippen molar-refractivity contribution in [2.75, 3.05) is 44.6 Å². The highest BCUT2D eigenvalue weighted by atomic mass is 35.5. The van der Waals surface area contributed by atoms with Gasteiger partial charge in [0.05, 0.1) is 22.3 Å². The molecule has 1 aliphatic heterocycles. The zero-order chi connectivity index (χ0) is 18.4. The molecule has 2 aromatic rings. The van der Waals surface area contributed by atoms with Gasteiger partial charge in [-0.3, -0.25) is 9.69 Å². The predicted molar refractivity (Wildman–Crippen MR) is 108 cm³/mol. The largest absolute Gasteiger partial charge is 0.324 e. The Morgan fingerprint density at radius 3 is 2.35 bits per heavy atom. The number of halogens is 2. The van der Waals surface area contributed by atoms with Gasteiger partial charge in [0, 0.05) is 32.7 Å². The number of nitrogens with zero attached hydrogens (tertiary/aromatic N) is 2. The number of carbonyl (C=O) groups excluding carboxylic acids is 1. The van der Waals surface area contributed by atoms with Crippen LogP contribution >= 0.6 is 23.2 Å². The molecular weight excluding hydrogens is 369 g/mol. The molecule has 1 heterocycles. The molecule has 0 spiro atoms.